The molecule has 30 heavy (non-hydrogen) atoms. The number of carboxylic acids is 1. The number of alkyl halides is 3. The quantitative estimate of drug-likeness (QED) is 0.741. The molecule has 2 fully saturated rings. The van der Waals surface area contributed by atoms with Crippen molar-refractivity contribution < 1.29 is 32.6 Å². The van der Waals surface area contributed by atoms with Crippen molar-refractivity contribution in [3.8, 4) is 0 Å². The van der Waals surface area contributed by atoms with Gasteiger partial charge in [0.15, 0.2) is 0 Å². The first-order chi connectivity index (χ1) is 14.1. The first kappa shape index (κ1) is 24.5. The van der Waals surface area contributed by atoms with Crippen LogP contribution in [0, 0.1) is 6.92 Å². The van der Waals surface area contributed by atoms with Crippen LogP contribution in [0.3, 0.4) is 0 Å². The van der Waals surface area contributed by atoms with Gasteiger partial charge in [-0.25, -0.2) is 9.78 Å². The highest BCUT2D eigenvalue weighted by atomic mass is 32.1. The van der Waals surface area contributed by atoms with Gasteiger partial charge in [-0.2, -0.15) is 13.2 Å². The van der Waals surface area contributed by atoms with Crippen LogP contribution in [0.2, 0.25) is 0 Å². The van der Waals surface area contributed by atoms with E-state index in [1.54, 1.807) is 18.4 Å². The number of aryl methyl sites for hydroxylation is 1. The lowest BCUT2D eigenvalue weighted by atomic mass is 9.87. The van der Waals surface area contributed by atoms with Crippen LogP contribution in [0.15, 0.2) is 5.38 Å². The highest BCUT2D eigenvalue weighted by Crippen LogP contribution is 2.40. The molecule has 1 amide bonds. The predicted molar refractivity (Wildman–Crippen MR) is 105 cm³/mol. The zero-order valence-electron chi connectivity index (χ0n) is 17.2. The summed E-state index contributed by atoms with van der Waals surface area (Å²) >= 11 is 1.67. The highest BCUT2D eigenvalue weighted by molar-refractivity contribution is 7.09. The van der Waals surface area contributed by atoms with Crippen molar-refractivity contribution in [1.29, 1.82) is 0 Å². The Hall–Kier alpha value is -1.72. The number of thiazole rings is 1. The zero-order valence-corrected chi connectivity index (χ0v) is 18.0. The van der Waals surface area contributed by atoms with Crippen molar-refractivity contribution in [3.05, 3.63) is 16.1 Å². The molecule has 1 spiro atoms. The minimum absolute atomic E-state index is 0.0520. The Kier molecular flexibility index (Phi) is 8.62. The third-order valence-electron chi connectivity index (χ3n) is 5.53. The van der Waals surface area contributed by atoms with Crippen molar-refractivity contribution in [2.45, 2.75) is 57.3 Å². The third-order valence-corrected chi connectivity index (χ3v) is 6.35. The number of carbonyl (C=O) groups excluding carboxylic acids is 1. The molecule has 11 heteroatoms. The molecule has 2 saturated heterocycles. The molecule has 170 valence electrons. The van der Waals surface area contributed by atoms with Crippen LogP contribution >= 0.6 is 11.3 Å². The third kappa shape index (κ3) is 6.64. The fourth-order valence-corrected chi connectivity index (χ4v) is 4.58. The van der Waals surface area contributed by atoms with Gasteiger partial charge in [-0.1, -0.05) is 0 Å². The number of amides is 1. The van der Waals surface area contributed by atoms with E-state index < -0.39 is 12.1 Å². The Labute approximate surface area is 177 Å². The van der Waals surface area contributed by atoms with E-state index >= 15 is 0 Å². The summed E-state index contributed by atoms with van der Waals surface area (Å²) in [5, 5.41) is 10.3. The van der Waals surface area contributed by atoms with Crippen LogP contribution in [-0.2, 0) is 20.9 Å². The van der Waals surface area contributed by atoms with Crippen LogP contribution in [0.25, 0.3) is 0 Å². The smallest absolute Gasteiger partial charge is 0.475 e. The van der Waals surface area contributed by atoms with Gasteiger partial charge in [0.1, 0.15) is 0 Å². The standard InChI is InChI=1S/C17H27N3O2S.C2HF3O2/c1-14-18-15(13-23-14)12-20-16(21)4-6-17(20)5-3-8-19(9-7-17)10-11-22-2;3-2(4,5)1(6)7/h13H,3-12H2,1-2H3;(H,6,7). The van der Waals surface area contributed by atoms with Crippen LogP contribution in [0.1, 0.15) is 42.8 Å². The summed E-state index contributed by atoms with van der Waals surface area (Å²) in [5.41, 5.74) is 1.10. The Bertz CT molecular complexity index is 728. The second-order valence-electron chi connectivity index (χ2n) is 7.55. The number of likely N-dealkylation sites (tertiary alicyclic amines) is 2. The molecular weight excluding hydrogens is 423 g/mol. The van der Waals surface area contributed by atoms with Gasteiger partial charge < -0.3 is 19.6 Å². The highest BCUT2D eigenvalue weighted by Gasteiger charge is 2.45. The van der Waals surface area contributed by atoms with Crippen molar-refractivity contribution in [1.82, 2.24) is 14.8 Å². The molecule has 2 aliphatic rings. The fourth-order valence-electron chi connectivity index (χ4n) is 3.97. The Morgan fingerprint density at radius 2 is 2.03 bits per heavy atom. The van der Waals surface area contributed by atoms with E-state index in [-0.39, 0.29) is 5.54 Å². The van der Waals surface area contributed by atoms with E-state index in [1.165, 1.54) is 0 Å². The number of hydrogen-bond acceptors (Lipinski definition) is 6. The maximum Gasteiger partial charge on any atom is 0.490 e. The molecule has 1 unspecified atom stereocenters. The Balaban J connectivity index is 0.000000396. The molecule has 3 rings (SSSR count). The van der Waals surface area contributed by atoms with Gasteiger partial charge >= 0.3 is 12.1 Å². The number of methoxy groups -OCH3 is 1. The number of aliphatic carboxylic acids is 1. The number of halogens is 3. The second-order valence-corrected chi connectivity index (χ2v) is 8.62. The topological polar surface area (TPSA) is 83.0 Å². The molecule has 0 aliphatic carbocycles. The average molecular weight is 452 g/mol. The summed E-state index contributed by atoms with van der Waals surface area (Å²) in [6.45, 7) is 6.65. The van der Waals surface area contributed by atoms with Crippen LogP contribution in [0.4, 0.5) is 13.2 Å². The van der Waals surface area contributed by atoms with Crippen LogP contribution in [-0.4, -0.2) is 76.8 Å². The molecule has 0 radical (unpaired) electrons. The number of carboxylic acid groups (broad SMARTS) is 1. The van der Waals surface area contributed by atoms with E-state index in [4.69, 9.17) is 14.6 Å². The predicted octanol–water partition coefficient (Wildman–Crippen LogP) is 3.08. The van der Waals surface area contributed by atoms with Gasteiger partial charge in [0, 0.05) is 37.5 Å². The molecular formula is C19H28F3N3O4S. The Morgan fingerprint density at radius 1 is 1.33 bits per heavy atom. The molecule has 0 saturated carbocycles. The molecule has 1 aromatic rings. The number of aromatic nitrogens is 1. The normalized spacial score (nSPS) is 22.7. The van der Waals surface area contributed by atoms with E-state index in [0.29, 0.717) is 18.9 Å². The van der Waals surface area contributed by atoms with E-state index in [9.17, 15) is 18.0 Å². The number of nitrogens with zero attached hydrogens (tertiary/aromatic N) is 3. The summed E-state index contributed by atoms with van der Waals surface area (Å²) in [4.78, 5) is 30.6. The van der Waals surface area contributed by atoms with Gasteiger partial charge in [0.05, 0.1) is 23.9 Å². The molecule has 2 aliphatic heterocycles. The van der Waals surface area contributed by atoms with Gasteiger partial charge in [-0.3, -0.25) is 4.79 Å². The van der Waals surface area contributed by atoms with E-state index in [1.807, 2.05) is 6.92 Å². The van der Waals surface area contributed by atoms with Crippen molar-refractivity contribution in [3.63, 3.8) is 0 Å². The molecule has 1 N–H and O–H groups in total. The second kappa shape index (κ2) is 10.5. The van der Waals surface area contributed by atoms with Gasteiger partial charge in [0.2, 0.25) is 5.91 Å². The number of hydrogen-bond donors (Lipinski definition) is 1. The van der Waals surface area contributed by atoms with Crippen LogP contribution in [0.5, 0.6) is 0 Å². The lowest BCUT2D eigenvalue weighted by Crippen LogP contribution is -2.46. The minimum atomic E-state index is -5.08. The summed E-state index contributed by atoms with van der Waals surface area (Å²) in [6.07, 6.45) is -0.0330. The Morgan fingerprint density at radius 3 is 2.60 bits per heavy atom. The van der Waals surface area contributed by atoms with Crippen LogP contribution < -0.4 is 0 Å². The van der Waals surface area contributed by atoms with Crippen molar-refractivity contribution >= 4 is 23.2 Å². The largest absolute Gasteiger partial charge is 0.490 e. The lowest BCUT2D eigenvalue weighted by molar-refractivity contribution is -0.192. The first-order valence-corrected chi connectivity index (χ1v) is 10.7. The maximum absolute atomic E-state index is 12.5. The number of rotatable bonds is 5. The average Bonchev–Trinajstić information content (AvgIpc) is 3.13. The summed E-state index contributed by atoms with van der Waals surface area (Å²) < 4.78 is 36.9. The van der Waals surface area contributed by atoms with Crippen molar-refractivity contribution in [2.24, 2.45) is 0 Å². The molecule has 1 aromatic heterocycles. The van der Waals surface area contributed by atoms with Gasteiger partial charge in [-0.05, 0) is 39.2 Å². The SMILES string of the molecule is COCCN1CCCC2(CCC(=O)N2Cc2csc(C)n2)CC1.O=C(O)C(F)(F)F. The number of ether oxygens (including phenoxy) is 1. The zero-order chi connectivity index (χ0) is 22.4. The summed E-state index contributed by atoms with van der Waals surface area (Å²) in [7, 11) is 1.76. The molecule has 1 atom stereocenters. The molecule has 0 aromatic carbocycles. The molecule has 7 nitrogen and oxygen atoms in total. The molecule has 3 heterocycles. The van der Waals surface area contributed by atoms with E-state index in [2.05, 4.69) is 20.2 Å². The van der Waals surface area contributed by atoms with Gasteiger partial charge in [-0.15, -0.1) is 11.3 Å². The molecule has 0 bridgehead atoms. The summed E-state index contributed by atoms with van der Waals surface area (Å²) in [6, 6.07) is 0. The lowest BCUT2D eigenvalue weighted by Gasteiger charge is -2.38. The first-order valence-electron chi connectivity index (χ1n) is 9.80. The van der Waals surface area contributed by atoms with Gasteiger partial charge in [0.25, 0.3) is 0 Å². The maximum atomic E-state index is 12.5. The van der Waals surface area contributed by atoms with E-state index in [0.717, 1.165) is 62.6 Å². The number of carbonyl (C=O) groups is 2. The monoisotopic (exact) mass is 451 g/mol. The minimum Gasteiger partial charge on any atom is -0.475 e. The fraction of sp³-hybridized carbons (Fsp3) is 0.737. The van der Waals surface area contributed by atoms with Crippen molar-refractivity contribution in [2.75, 3.05) is 33.4 Å². The summed E-state index contributed by atoms with van der Waals surface area (Å²) in [5.74, 6) is -2.45.